The van der Waals surface area contributed by atoms with Crippen molar-refractivity contribution in [2.45, 2.75) is 44.2 Å². The van der Waals surface area contributed by atoms with Crippen molar-refractivity contribution in [1.82, 2.24) is 0 Å². The number of aliphatic hydroxyl groups is 2. The highest BCUT2D eigenvalue weighted by molar-refractivity contribution is 5.23. The molecule has 4 nitrogen and oxygen atoms in total. The minimum atomic E-state index is -0.750. The molecular formula is C14H22FNO3. The van der Waals surface area contributed by atoms with Crippen molar-refractivity contribution in [3.63, 3.8) is 0 Å². The molecular weight excluding hydrogens is 249 g/mol. The zero-order valence-electron chi connectivity index (χ0n) is 11.2. The van der Waals surface area contributed by atoms with Crippen molar-refractivity contribution in [3.05, 3.63) is 30.1 Å². The molecule has 0 aromatic heterocycles. The van der Waals surface area contributed by atoms with Gasteiger partial charge in [-0.2, -0.15) is 0 Å². The van der Waals surface area contributed by atoms with E-state index in [0.717, 1.165) is 25.7 Å². The van der Waals surface area contributed by atoms with E-state index in [0.29, 0.717) is 5.75 Å². The van der Waals surface area contributed by atoms with Crippen LogP contribution in [0.1, 0.15) is 32.6 Å². The van der Waals surface area contributed by atoms with Gasteiger partial charge in [0, 0.05) is 18.5 Å². The summed E-state index contributed by atoms with van der Waals surface area (Å²) in [5.74, 6) is 0.331. The monoisotopic (exact) mass is 271 g/mol. The van der Waals surface area contributed by atoms with E-state index in [1.165, 1.54) is 12.1 Å². The Balaban J connectivity index is 0.000000550. The highest BCUT2D eigenvalue weighted by atomic mass is 19.1. The molecule has 0 heterocycles. The number of benzene rings is 1. The predicted molar refractivity (Wildman–Crippen MR) is 71.2 cm³/mol. The Kier molecular flexibility index (Phi) is 6.21. The number of ether oxygens (including phenoxy) is 1. The maximum absolute atomic E-state index is 13.0. The van der Waals surface area contributed by atoms with Crippen LogP contribution in [-0.4, -0.2) is 28.6 Å². The van der Waals surface area contributed by atoms with Crippen LogP contribution >= 0.6 is 0 Å². The number of hydrogen-bond donors (Lipinski definition) is 3. The van der Waals surface area contributed by atoms with Gasteiger partial charge in [0.25, 0.3) is 0 Å². The van der Waals surface area contributed by atoms with E-state index in [-0.39, 0.29) is 17.5 Å². The van der Waals surface area contributed by atoms with Gasteiger partial charge >= 0.3 is 0 Å². The van der Waals surface area contributed by atoms with Crippen LogP contribution in [-0.2, 0) is 0 Å². The Morgan fingerprint density at radius 3 is 2.74 bits per heavy atom. The predicted octanol–water partition coefficient (Wildman–Crippen LogP) is 1.79. The summed E-state index contributed by atoms with van der Waals surface area (Å²) in [5, 5.41) is 14.2. The van der Waals surface area contributed by atoms with Crippen LogP contribution in [0.4, 0.5) is 4.39 Å². The van der Waals surface area contributed by atoms with Crippen LogP contribution in [0.25, 0.3) is 0 Å². The van der Waals surface area contributed by atoms with E-state index in [1.807, 2.05) is 0 Å². The molecule has 0 amide bonds. The number of rotatable bonds is 2. The molecule has 0 radical (unpaired) electrons. The highest BCUT2D eigenvalue weighted by Gasteiger charge is 2.32. The van der Waals surface area contributed by atoms with Crippen molar-refractivity contribution in [2.24, 2.45) is 5.73 Å². The van der Waals surface area contributed by atoms with Gasteiger partial charge in [0.15, 0.2) is 0 Å². The smallest absolute Gasteiger partial charge is 0.140 e. The van der Waals surface area contributed by atoms with E-state index < -0.39 is 6.79 Å². The normalized spacial score (nSPS) is 26.3. The fraction of sp³-hybridized carbons (Fsp3) is 0.571. The summed E-state index contributed by atoms with van der Waals surface area (Å²) in [6.07, 6.45) is 3.95. The lowest BCUT2D eigenvalue weighted by Crippen LogP contribution is -2.43. The van der Waals surface area contributed by atoms with Crippen molar-refractivity contribution in [3.8, 4) is 5.75 Å². The molecule has 2 atom stereocenters. The number of halogens is 1. The van der Waals surface area contributed by atoms with Gasteiger partial charge in [-0.3, -0.25) is 0 Å². The maximum Gasteiger partial charge on any atom is 0.140 e. The second-order valence-electron chi connectivity index (χ2n) is 5.01. The lowest BCUT2D eigenvalue weighted by atomic mass is 9.83. The van der Waals surface area contributed by atoms with E-state index in [4.69, 9.17) is 20.7 Å². The molecule has 1 saturated carbocycles. The van der Waals surface area contributed by atoms with Crippen LogP contribution in [0.2, 0.25) is 0 Å². The highest BCUT2D eigenvalue weighted by Crippen LogP contribution is 2.32. The van der Waals surface area contributed by atoms with Gasteiger partial charge in [-0.1, -0.05) is 6.07 Å². The third-order valence-electron chi connectivity index (χ3n) is 3.13. The lowest BCUT2D eigenvalue weighted by molar-refractivity contribution is 0.0409. The van der Waals surface area contributed by atoms with Crippen molar-refractivity contribution < 1.29 is 19.3 Å². The average molecular weight is 271 g/mol. The number of nitrogens with two attached hydrogens (primary N) is 1. The number of aliphatic hydroxyl groups excluding tert-OH is 1. The first-order valence-corrected chi connectivity index (χ1v) is 6.41. The number of hydrogen-bond acceptors (Lipinski definition) is 4. The van der Waals surface area contributed by atoms with E-state index in [2.05, 4.69) is 6.92 Å². The quantitative estimate of drug-likeness (QED) is 0.717. The van der Waals surface area contributed by atoms with Crippen LogP contribution in [0, 0.1) is 5.82 Å². The summed E-state index contributed by atoms with van der Waals surface area (Å²) in [5.41, 5.74) is 5.70. The molecule has 0 saturated heterocycles. The van der Waals surface area contributed by atoms with E-state index in [1.54, 1.807) is 12.1 Å². The van der Waals surface area contributed by atoms with Crippen LogP contribution in [0.5, 0.6) is 5.75 Å². The van der Waals surface area contributed by atoms with Crippen molar-refractivity contribution >= 4 is 0 Å². The molecule has 0 bridgehead atoms. The standard InChI is InChI=1S/C13H18FNO.CH4O2/c1-13(7-3-5-11(15)9-13)16-12-6-2-4-10(14)8-12;2-1-3/h2,4,6,8,11H,3,5,7,9,15H2,1H3;2-3H,1H2. The van der Waals surface area contributed by atoms with Gasteiger partial charge in [0.2, 0.25) is 0 Å². The second kappa shape index (κ2) is 7.43. The second-order valence-corrected chi connectivity index (χ2v) is 5.01. The zero-order chi connectivity index (χ0) is 14.3. The van der Waals surface area contributed by atoms with E-state index in [9.17, 15) is 4.39 Å². The molecule has 4 N–H and O–H groups in total. The van der Waals surface area contributed by atoms with Crippen LogP contribution in [0.3, 0.4) is 0 Å². The first-order chi connectivity index (χ1) is 8.99. The van der Waals surface area contributed by atoms with Gasteiger partial charge in [0.05, 0.1) is 0 Å². The summed E-state index contributed by atoms with van der Waals surface area (Å²) in [7, 11) is 0. The third-order valence-corrected chi connectivity index (χ3v) is 3.13. The zero-order valence-corrected chi connectivity index (χ0v) is 11.2. The van der Waals surface area contributed by atoms with Gasteiger partial charge in [-0.15, -0.1) is 0 Å². The Morgan fingerprint density at radius 1 is 1.47 bits per heavy atom. The fourth-order valence-electron chi connectivity index (χ4n) is 2.40. The molecule has 1 aromatic carbocycles. The lowest BCUT2D eigenvalue weighted by Gasteiger charge is -2.37. The maximum atomic E-state index is 13.0. The van der Waals surface area contributed by atoms with Gasteiger partial charge < -0.3 is 20.7 Å². The Labute approximate surface area is 113 Å². The molecule has 19 heavy (non-hydrogen) atoms. The minimum Gasteiger partial charge on any atom is -0.487 e. The first-order valence-electron chi connectivity index (χ1n) is 6.41. The van der Waals surface area contributed by atoms with Crippen molar-refractivity contribution in [2.75, 3.05) is 6.79 Å². The molecule has 2 rings (SSSR count). The average Bonchev–Trinajstić information content (AvgIpc) is 2.28. The topological polar surface area (TPSA) is 75.7 Å². The van der Waals surface area contributed by atoms with Crippen molar-refractivity contribution in [1.29, 1.82) is 0 Å². The van der Waals surface area contributed by atoms with E-state index >= 15 is 0 Å². The molecule has 1 aromatic rings. The molecule has 0 aliphatic heterocycles. The van der Waals surface area contributed by atoms with Gasteiger partial charge in [0.1, 0.15) is 24.0 Å². The summed E-state index contributed by atoms with van der Waals surface area (Å²) in [6, 6.07) is 6.49. The molecule has 108 valence electrons. The molecule has 5 heteroatoms. The van der Waals surface area contributed by atoms with Gasteiger partial charge in [-0.05, 0) is 38.3 Å². The fourth-order valence-corrected chi connectivity index (χ4v) is 2.40. The Morgan fingerprint density at radius 2 is 2.16 bits per heavy atom. The Hall–Kier alpha value is -1.17. The molecule has 1 fully saturated rings. The van der Waals surface area contributed by atoms with Gasteiger partial charge in [-0.25, -0.2) is 4.39 Å². The molecule has 0 spiro atoms. The first kappa shape index (κ1) is 15.9. The third kappa shape index (κ3) is 5.55. The molecule has 1 aliphatic rings. The van der Waals surface area contributed by atoms with Crippen LogP contribution < -0.4 is 10.5 Å². The summed E-state index contributed by atoms with van der Waals surface area (Å²) in [4.78, 5) is 0. The Bertz CT molecular complexity index is 389. The largest absolute Gasteiger partial charge is 0.487 e. The molecule has 1 aliphatic carbocycles. The SMILES string of the molecule is CC1(Oc2cccc(F)c2)CCCC(N)C1.OCO. The summed E-state index contributed by atoms with van der Waals surface area (Å²) in [6.45, 7) is 1.30. The minimum absolute atomic E-state index is 0.201. The summed E-state index contributed by atoms with van der Waals surface area (Å²) < 4.78 is 18.9. The van der Waals surface area contributed by atoms with Crippen LogP contribution in [0.15, 0.2) is 24.3 Å². The summed E-state index contributed by atoms with van der Waals surface area (Å²) >= 11 is 0. The molecule has 2 unspecified atom stereocenters.